The van der Waals surface area contributed by atoms with E-state index in [-0.39, 0.29) is 12.4 Å². The molecule has 0 aliphatic carbocycles. The van der Waals surface area contributed by atoms with Crippen molar-refractivity contribution in [3.8, 4) is 0 Å². The summed E-state index contributed by atoms with van der Waals surface area (Å²) in [6, 6.07) is 7.13. The van der Waals surface area contributed by atoms with Gasteiger partial charge in [-0.25, -0.2) is 4.79 Å². The zero-order valence-corrected chi connectivity index (χ0v) is 10.9. The largest absolute Gasteiger partial charge is 0.475 e. The first kappa shape index (κ1) is 13.9. The van der Waals surface area contributed by atoms with Crippen LogP contribution in [0.5, 0.6) is 0 Å². The molecule has 0 aliphatic rings. The molecule has 1 unspecified atom stereocenters. The molecule has 0 spiro atoms. The molecule has 102 valence electrons. The Morgan fingerprint density at radius 2 is 2.11 bits per heavy atom. The molecule has 3 N–H and O–H groups in total. The van der Waals surface area contributed by atoms with Crippen LogP contribution in [-0.4, -0.2) is 39.8 Å². The van der Waals surface area contributed by atoms with E-state index in [0.29, 0.717) is 22.7 Å². The van der Waals surface area contributed by atoms with Crippen LogP contribution in [0.25, 0.3) is 11.0 Å². The number of furan rings is 1. The van der Waals surface area contributed by atoms with Crippen LogP contribution < -0.4 is 0 Å². The van der Waals surface area contributed by atoms with Crippen LogP contribution in [0, 0.1) is 0 Å². The van der Waals surface area contributed by atoms with E-state index in [1.165, 1.54) is 11.8 Å². The second-order valence-corrected chi connectivity index (χ2v) is 5.09. The van der Waals surface area contributed by atoms with E-state index in [4.69, 9.17) is 14.6 Å². The zero-order chi connectivity index (χ0) is 13.8. The maximum atomic E-state index is 11.2. The molecule has 19 heavy (non-hydrogen) atoms. The third kappa shape index (κ3) is 3.09. The Morgan fingerprint density at radius 3 is 2.79 bits per heavy atom. The minimum Gasteiger partial charge on any atom is -0.475 e. The highest BCUT2D eigenvalue weighted by atomic mass is 32.2. The van der Waals surface area contributed by atoms with Crippen LogP contribution in [0.1, 0.15) is 16.1 Å². The number of hydrogen-bond donors (Lipinski definition) is 3. The average molecular weight is 282 g/mol. The monoisotopic (exact) mass is 282 g/mol. The second-order valence-electron chi connectivity index (χ2n) is 4.06. The summed E-state index contributed by atoms with van der Waals surface area (Å²) in [5.41, 5.74) is 1.15. The first-order valence-electron chi connectivity index (χ1n) is 5.74. The van der Waals surface area contributed by atoms with Crippen molar-refractivity contribution in [2.24, 2.45) is 0 Å². The maximum absolute atomic E-state index is 11.2. The van der Waals surface area contributed by atoms with Crippen molar-refractivity contribution in [2.45, 2.75) is 11.9 Å². The lowest BCUT2D eigenvalue weighted by Crippen LogP contribution is -2.14. The Hall–Kier alpha value is -1.50. The van der Waals surface area contributed by atoms with Crippen LogP contribution in [0.4, 0.5) is 0 Å². The first-order chi connectivity index (χ1) is 9.13. The number of carboxylic acid groups (broad SMARTS) is 1. The molecular formula is C13H14O5S. The highest BCUT2D eigenvalue weighted by Crippen LogP contribution is 2.29. The molecule has 0 saturated heterocycles. The quantitative estimate of drug-likeness (QED) is 0.747. The average Bonchev–Trinajstić information content (AvgIpc) is 2.78. The smallest absolute Gasteiger partial charge is 0.372 e. The summed E-state index contributed by atoms with van der Waals surface area (Å²) in [4.78, 5) is 11.2. The number of fused-ring (bicyclic) bond motifs is 1. The van der Waals surface area contributed by atoms with Crippen LogP contribution >= 0.6 is 11.8 Å². The van der Waals surface area contributed by atoms with E-state index < -0.39 is 12.1 Å². The molecule has 5 nitrogen and oxygen atoms in total. The molecule has 1 aromatic heterocycles. The lowest BCUT2D eigenvalue weighted by molar-refractivity contribution is 0.0664. The summed E-state index contributed by atoms with van der Waals surface area (Å²) in [5, 5.41) is 27.9. The number of aromatic carboxylic acids is 1. The van der Waals surface area contributed by atoms with Gasteiger partial charge in [0.1, 0.15) is 5.58 Å². The number of aliphatic hydroxyl groups is 2. The van der Waals surface area contributed by atoms with Gasteiger partial charge in [-0.05, 0) is 6.07 Å². The Balaban J connectivity index is 2.24. The molecular weight excluding hydrogens is 268 g/mol. The van der Waals surface area contributed by atoms with Gasteiger partial charge < -0.3 is 19.7 Å². The number of carboxylic acids is 1. The predicted octanol–water partition coefficient (Wildman–Crippen LogP) is 1.72. The van der Waals surface area contributed by atoms with Crippen LogP contribution in [0.15, 0.2) is 28.7 Å². The van der Waals surface area contributed by atoms with Crippen molar-refractivity contribution in [2.75, 3.05) is 12.4 Å². The number of para-hydroxylation sites is 1. The molecule has 0 bridgehead atoms. The van der Waals surface area contributed by atoms with Gasteiger partial charge in [-0.15, -0.1) is 0 Å². The third-order valence-corrected chi connectivity index (χ3v) is 3.77. The summed E-state index contributed by atoms with van der Waals surface area (Å²) < 4.78 is 5.32. The standard InChI is InChI=1S/C13H14O5S/c14-5-8(15)6-19-7-10-9-3-1-2-4-11(9)18-12(10)13(16)17/h1-4,8,14-15H,5-7H2,(H,16,17). The molecule has 2 rings (SSSR count). The number of aliphatic hydroxyl groups excluding tert-OH is 2. The van der Waals surface area contributed by atoms with Crippen molar-refractivity contribution in [3.63, 3.8) is 0 Å². The molecule has 0 radical (unpaired) electrons. The van der Waals surface area contributed by atoms with Gasteiger partial charge in [-0.1, -0.05) is 18.2 Å². The number of thioether (sulfide) groups is 1. The fourth-order valence-electron chi connectivity index (χ4n) is 1.76. The summed E-state index contributed by atoms with van der Waals surface area (Å²) in [7, 11) is 0. The van der Waals surface area contributed by atoms with Gasteiger partial charge in [0.05, 0.1) is 12.7 Å². The summed E-state index contributed by atoms with van der Waals surface area (Å²) in [5.74, 6) is -0.410. The van der Waals surface area contributed by atoms with Gasteiger partial charge in [0.15, 0.2) is 0 Å². The summed E-state index contributed by atoms with van der Waals surface area (Å²) in [6.45, 7) is -0.301. The normalized spacial score (nSPS) is 12.7. The third-order valence-electron chi connectivity index (χ3n) is 2.66. The molecule has 1 aromatic carbocycles. The SMILES string of the molecule is O=C(O)c1oc2ccccc2c1CSCC(O)CO. The van der Waals surface area contributed by atoms with E-state index in [0.717, 1.165) is 5.39 Å². The van der Waals surface area contributed by atoms with Crippen molar-refractivity contribution in [1.82, 2.24) is 0 Å². The van der Waals surface area contributed by atoms with Crippen molar-refractivity contribution >= 4 is 28.7 Å². The van der Waals surface area contributed by atoms with E-state index in [1.54, 1.807) is 12.1 Å². The summed E-state index contributed by atoms with van der Waals surface area (Å²) >= 11 is 1.36. The number of carbonyl (C=O) groups is 1. The van der Waals surface area contributed by atoms with Crippen molar-refractivity contribution < 1.29 is 24.5 Å². The van der Waals surface area contributed by atoms with Crippen LogP contribution in [0.3, 0.4) is 0 Å². The molecule has 2 aromatic rings. The number of rotatable bonds is 6. The Kier molecular flexibility index (Phi) is 4.47. The minimum absolute atomic E-state index is 0.0628. The van der Waals surface area contributed by atoms with E-state index >= 15 is 0 Å². The minimum atomic E-state index is -1.10. The molecule has 1 heterocycles. The van der Waals surface area contributed by atoms with E-state index in [1.807, 2.05) is 12.1 Å². The van der Waals surface area contributed by atoms with Gasteiger partial charge >= 0.3 is 5.97 Å². The van der Waals surface area contributed by atoms with Gasteiger partial charge in [0, 0.05) is 22.5 Å². The van der Waals surface area contributed by atoms with E-state index in [9.17, 15) is 9.90 Å². The Morgan fingerprint density at radius 1 is 1.37 bits per heavy atom. The van der Waals surface area contributed by atoms with Gasteiger partial charge in [-0.3, -0.25) is 0 Å². The Bertz CT molecular complexity index is 577. The fourth-order valence-corrected chi connectivity index (χ4v) is 2.75. The number of benzene rings is 1. The highest BCUT2D eigenvalue weighted by molar-refractivity contribution is 7.98. The second kappa shape index (κ2) is 6.10. The van der Waals surface area contributed by atoms with Crippen LogP contribution in [-0.2, 0) is 5.75 Å². The fraction of sp³-hybridized carbons (Fsp3) is 0.308. The molecule has 0 fully saturated rings. The molecule has 0 saturated carbocycles. The highest BCUT2D eigenvalue weighted by Gasteiger charge is 2.19. The van der Waals surface area contributed by atoms with Crippen molar-refractivity contribution in [1.29, 1.82) is 0 Å². The summed E-state index contributed by atoms with van der Waals surface area (Å²) in [6.07, 6.45) is -0.795. The van der Waals surface area contributed by atoms with Gasteiger partial charge in [0.25, 0.3) is 0 Å². The zero-order valence-electron chi connectivity index (χ0n) is 10.1. The molecule has 0 aliphatic heterocycles. The van der Waals surface area contributed by atoms with Crippen molar-refractivity contribution in [3.05, 3.63) is 35.6 Å². The Labute approximate surface area is 113 Å². The molecule has 6 heteroatoms. The van der Waals surface area contributed by atoms with Gasteiger partial charge in [0.2, 0.25) is 5.76 Å². The number of hydrogen-bond acceptors (Lipinski definition) is 5. The molecule has 0 amide bonds. The maximum Gasteiger partial charge on any atom is 0.372 e. The predicted molar refractivity (Wildman–Crippen MR) is 72.4 cm³/mol. The lowest BCUT2D eigenvalue weighted by Gasteiger charge is -2.06. The van der Waals surface area contributed by atoms with Crippen LogP contribution in [0.2, 0.25) is 0 Å². The molecule has 1 atom stereocenters. The van der Waals surface area contributed by atoms with E-state index in [2.05, 4.69) is 0 Å². The first-order valence-corrected chi connectivity index (χ1v) is 6.89. The topological polar surface area (TPSA) is 90.9 Å². The van der Waals surface area contributed by atoms with Gasteiger partial charge in [-0.2, -0.15) is 11.8 Å². The lowest BCUT2D eigenvalue weighted by atomic mass is 10.1.